The Balaban J connectivity index is 1.37. The number of carbonyl (C=O) groups excluding carboxylic acids is 1. The number of rotatable bonds is 5. The van der Waals surface area contributed by atoms with Crippen LogP contribution in [0, 0.1) is 0 Å². The molecule has 1 amide bonds. The molecule has 3 aromatic rings. The van der Waals surface area contributed by atoms with E-state index in [9.17, 15) is 4.79 Å². The topological polar surface area (TPSA) is 85.6 Å². The van der Waals surface area contributed by atoms with Crippen molar-refractivity contribution < 1.29 is 4.79 Å². The van der Waals surface area contributed by atoms with E-state index in [2.05, 4.69) is 43.8 Å². The summed E-state index contributed by atoms with van der Waals surface area (Å²) in [7, 11) is 0. The molecule has 4 rings (SSSR count). The van der Waals surface area contributed by atoms with E-state index in [1.165, 1.54) is 4.68 Å². The van der Waals surface area contributed by atoms with Crippen molar-refractivity contribution in [2.24, 2.45) is 0 Å². The Morgan fingerprint density at radius 2 is 2.00 bits per heavy atom. The summed E-state index contributed by atoms with van der Waals surface area (Å²) in [5.41, 5.74) is 3.81. The lowest BCUT2D eigenvalue weighted by Gasteiger charge is -2.08. The van der Waals surface area contributed by atoms with Gasteiger partial charge < -0.3 is 5.32 Å². The van der Waals surface area contributed by atoms with Crippen molar-refractivity contribution in [2.45, 2.75) is 19.4 Å². The predicted octanol–water partition coefficient (Wildman–Crippen LogP) is 3.11. The lowest BCUT2D eigenvalue weighted by molar-refractivity contribution is -0.116. The quantitative estimate of drug-likeness (QED) is 0.757. The molecule has 0 saturated heterocycles. The molecule has 0 bridgehead atoms. The molecule has 0 spiro atoms. The van der Waals surface area contributed by atoms with E-state index in [0.717, 1.165) is 29.5 Å². The van der Waals surface area contributed by atoms with Crippen LogP contribution in [0.15, 0.2) is 67.3 Å². The van der Waals surface area contributed by atoms with Gasteiger partial charge in [0.05, 0.1) is 6.20 Å². The number of hydrogen-bond donors (Lipinski definition) is 1. The maximum Gasteiger partial charge on any atom is 0.247 e. The third kappa shape index (κ3) is 4.14. The van der Waals surface area contributed by atoms with Crippen LogP contribution in [-0.4, -0.2) is 30.9 Å². The Kier molecular flexibility index (Phi) is 4.82. The highest BCUT2D eigenvalue weighted by molar-refractivity contribution is 5.89. The molecule has 3 heterocycles. The van der Waals surface area contributed by atoms with Crippen molar-refractivity contribution >= 4 is 17.3 Å². The van der Waals surface area contributed by atoms with Gasteiger partial charge in [0.2, 0.25) is 5.91 Å². The SMILES string of the molecule is O=C(Cn1cc(-c2ccncc2)nn1)Nc1ccc(C2=CCCC=C2)cn1. The van der Waals surface area contributed by atoms with Gasteiger partial charge in [0.15, 0.2) is 0 Å². The summed E-state index contributed by atoms with van der Waals surface area (Å²) in [6.07, 6.45) is 15.5. The average Bonchev–Trinajstić information content (AvgIpc) is 3.18. The van der Waals surface area contributed by atoms with Crippen molar-refractivity contribution in [1.82, 2.24) is 25.0 Å². The summed E-state index contributed by atoms with van der Waals surface area (Å²) in [6.45, 7) is 0.0649. The highest BCUT2D eigenvalue weighted by Gasteiger charge is 2.09. The summed E-state index contributed by atoms with van der Waals surface area (Å²) >= 11 is 0. The van der Waals surface area contributed by atoms with E-state index in [1.54, 1.807) is 30.9 Å². The molecule has 1 aliphatic rings. The van der Waals surface area contributed by atoms with E-state index in [0.29, 0.717) is 11.5 Å². The van der Waals surface area contributed by atoms with E-state index in [-0.39, 0.29) is 12.5 Å². The Hall–Kier alpha value is -3.61. The average molecular weight is 358 g/mol. The van der Waals surface area contributed by atoms with Gasteiger partial charge in [-0.2, -0.15) is 0 Å². The first-order valence-corrected chi connectivity index (χ1v) is 8.71. The van der Waals surface area contributed by atoms with Gasteiger partial charge in [-0.25, -0.2) is 9.67 Å². The zero-order valence-corrected chi connectivity index (χ0v) is 14.6. The molecule has 0 aliphatic heterocycles. The van der Waals surface area contributed by atoms with Crippen molar-refractivity contribution in [2.75, 3.05) is 5.32 Å². The van der Waals surface area contributed by atoms with Gasteiger partial charge in [-0.15, -0.1) is 5.10 Å². The second kappa shape index (κ2) is 7.74. The van der Waals surface area contributed by atoms with Crippen LogP contribution in [0.25, 0.3) is 16.8 Å². The number of hydrogen-bond acceptors (Lipinski definition) is 5. The minimum Gasteiger partial charge on any atom is -0.309 e. The van der Waals surface area contributed by atoms with Gasteiger partial charge in [0.1, 0.15) is 18.1 Å². The van der Waals surface area contributed by atoms with Gasteiger partial charge in [-0.05, 0) is 48.2 Å². The molecule has 1 aliphatic carbocycles. The normalized spacial score (nSPS) is 13.3. The van der Waals surface area contributed by atoms with Crippen molar-refractivity contribution in [3.05, 3.63) is 72.8 Å². The van der Waals surface area contributed by atoms with Crippen molar-refractivity contribution in [3.63, 3.8) is 0 Å². The standard InChI is InChI=1S/C20H18N6O/c27-20(14-26-13-18(24-25-26)16-8-10-21-11-9-16)23-19-7-6-17(12-22-19)15-4-2-1-3-5-15/h2,4-13H,1,3,14H2,(H,22,23,27). The fourth-order valence-electron chi connectivity index (χ4n) is 2.83. The molecule has 27 heavy (non-hydrogen) atoms. The fraction of sp³-hybridized carbons (Fsp3) is 0.150. The molecule has 0 fully saturated rings. The number of pyridine rings is 2. The Morgan fingerprint density at radius 1 is 1.11 bits per heavy atom. The lowest BCUT2D eigenvalue weighted by atomic mass is 10.0. The molecular weight excluding hydrogens is 340 g/mol. The van der Waals surface area contributed by atoms with Gasteiger partial charge in [-0.3, -0.25) is 9.78 Å². The lowest BCUT2D eigenvalue weighted by Crippen LogP contribution is -2.19. The summed E-state index contributed by atoms with van der Waals surface area (Å²) < 4.78 is 1.50. The second-order valence-electron chi connectivity index (χ2n) is 6.16. The van der Waals surface area contributed by atoms with Crippen LogP contribution in [0.5, 0.6) is 0 Å². The zero-order valence-electron chi connectivity index (χ0n) is 14.6. The third-order valence-electron chi connectivity index (χ3n) is 4.18. The second-order valence-corrected chi connectivity index (χ2v) is 6.16. The number of nitrogens with zero attached hydrogens (tertiary/aromatic N) is 5. The molecule has 1 N–H and O–H groups in total. The van der Waals surface area contributed by atoms with Crippen molar-refractivity contribution in [1.29, 1.82) is 0 Å². The molecule has 0 unspecified atom stereocenters. The van der Waals surface area contributed by atoms with E-state index < -0.39 is 0 Å². The summed E-state index contributed by atoms with van der Waals surface area (Å²) in [5.74, 6) is 0.303. The first-order valence-electron chi connectivity index (χ1n) is 8.71. The van der Waals surface area contributed by atoms with Crippen LogP contribution in [0.3, 0.4) is 0 Å². The Morgan fingerprint density at radius 3 is 2.74 bits per heavy atom. The minimum absolute atomic E-state index is 0.0649. The molecule has 0 atom stereocenters. The molecule has 0 radical (unpaired) electrons. The summed E-state index contributed by atoms with van der Waals surface area (Å²) in [5, 5.41) is 10.9. The molecule has 134 valence electrons. The highest BCUT2D eigenvalue weighted by Crippen LogP contribution is 2.21. The van der Waals surface area contributed by atoms with Gasteiger partial charge in [0.25, 0.3) is 0 Å². The first-order chi connectivity index (χ1) is 13.3. The summed E-state index contributed by atoms with van der Waals surface area (Å²) in [4.78, 5) is 20.5. The predicted molar refractivity (Wildman–Crippen MR) is 102 cm³/mol. The van der Waals surface area contributed by atoms with Crippen LogP contribution in [0.1, 0.15) is 18.4 Å². The number of aromatic nitrogens is 5. The smallest absolute Gasteiger partial charge is 0.247 e. The van der Waals surface area contributed by atoms with Gasteiger partial charge >= 0.3 is 0 Å². The zero-order chi connectivity index (χ0) is 18.5. The molecule has 0 saturated carbocycles. The number of carbonyl (C=O) groups is 1. The Labute approximate surface area is 156 Å². The van der Waals surface area contributed by atoms with E-state index >= 15 is 0 Å². The molecule has 3 aromatic heterocycles. The third-order valence-corrected chi connectivity index (χ3v) is 4.18. The van der Waals surface area contributed by atoms with E-state index in [4.69, 9.17) is 0 Å². The Bertz CT molecular complexity index is 989. The fourth-order valence-corrected chi connectivity index (χ4v) is 2.83. The van der Waals surface area contributed by atoms with E-state index in [1.807, 2.05) is 18.2 Å². The number of allylic oxidation sites excluding steroid dienone is 4. The number of amides is 1. The molecular formula is C20H18N6O. The molecule has 7 heteroatoms. The monoisotopic (exact) mass is 358 g/mol. The van der Waals surface area contributed by atoms with Crippen LogP contribution >= 0.6 is 0 Å². The van der Waals surface area contributed by atoms with Gasteiger partial charge in [0, 0.05) is 24.2 Å². The summed E-state index contributed by atoms with van der Waals surface area (Å²) in [6, 6.07) is 7.45. The molecule has 0 aromatic carbocycles. The van der Waals surface area contributed by atoms with Crippen LogP contribution in [0.2, 0.25) is 0 Å². The molecule has 7 nitrogen and oxygen atoms in total. The maximum absolute atomic E-state index is 12.2. The maximum atomic E-state index is 12.2. The van der Waals surface area contributed by atoms with Crippen LogP contribution < -0.4 is 5.32 Å². The first kappa shape index (κ1) is 16.8. The minimum atomic E-state index is -0.210. The number of anilines is 1. The van der Waals surface area contributed by atoms with Crippen molar-refractivity contribution in [3.8, 4) is 11.3 Å². The van der Waals surface area contributed by atoms with Crippen LogP contribution in [0.4, 0.5) is 5.82 Å². The highest BCUT2D eigenvalue weighted by atomic mass is 16.2. The van der Waals surface area contributed by atoms with Gasteiger partial charge in [-0.1, -0.05) is 23.4 Å². The largest absolute Gasteiger partial charge is 0.309 e. The number of nitrogens with one attached hydrogen (secondary N) is 1. The van der Waals surface area contributed by atoms with Crippen LogP contribution in [-0.2, 0) is 11.3 Å².